The summed E-state index contributed by atoms with van der Waals surface area (Å²) in [6.45, 7) is 10.3. The van der Waals surface area contributed by atoms with E-state index in [0.717, 1.165) is 25.7 Å². The maximum atomic E-state index is 11.9. The zero-order valence-electron chi connectivity index (χ0n) is 24.8. The number of ether oxygens (including phenoxy) is 5. The van der Waals surface area contributed by atoms with Crippen LogP contribution in [0.25, 0.3) is 10.4 Å². The molecule has 11 nitrogen and oxygen atoms in total. The third-order valence-electron chi connectivity index (χ3n) is 5.54. The van der Waals surface area contributed by atoms with Crippen molar-refractivity contribution in [2.75, 3.05) is 65.9 Å². The highest BCUT2D eigenvalue weighted by Gasteiger charge is 2.15. The molecular formula is C28H54N4O7. The smallest absolute Gasteiger partial charge is 0.306 e. The number of esters is 1. The van der Waals surface area contributed by atoms with Crippen molar-refractivity contribution in [2.45, 2.75) is 103 Å². The lowest BCUT2D eigenvalue weighted by Crippen LogP contribution is -2.27. The molecule has 0 bridgehead atoms. The fourth-order valence-corrected chi connectivity index (χ4v) is 3.62. The normalized spacial score (nSPS) is 11.3. The van der Waals surface area contributed by atoms with E-state index in [0.29, 0.717) is 78.8 Å². The molecule has 0 fully saturated rings. The van der Waals surface area contributed by atoms with Crippen LogP contribution in [-0.4, -0.2) is 83.4 Å². The van der Waals surface area contributed by atoms with Crippen LogP contribution in [0.1, 0.15) is 97.8 Å². The summed E-state index contributed by atoms with van der Waals surface area (Å²) >= 11 is 0. The summed E-state index contributed by atoms with van der Waals surface area (Å²) in [7, 11) is 0. The highest BCUT2D eigenvalue weighted by molar-refractivity contribution is 5.75. The molecule has 0 rings (SSSR count). The molecular weight excluding hydrogens is 504 g/mol. The van der Waals surface area contributed by atoms with Gasteiger partial charge in [0.1, 0.15) is 5.60 Å². The number of hydrogen-bond donors (Lipinski definition) is 1. The molecule has 0 saturated carbocycles. The van der Waals surface area contributed by atoms with Gasteiger partial charge in [0, 0.05) is 30.8 Å². The Morgan fingerprint density at radius 1 is 0.667 bits per heavy atom. The summed E-state index contributed by atoms with van der Waals surface area (Å²) in [5.41, 5.74) is 7.74. The van der Waals surface area contributed by atoms with Gasteiger partial charge in [-0.3, -0.25) is 9.59 Å². The van der Waals surface area contributed by atoms with Crippen molar-refractivity contribution >= 4 is 11.9 Å². The van der Waals surface area contributed by atoms with E-state index in [9.17, 15) is 9.59 Å². The van der Waals surface area contributed by atoms with E-state index in [1.165, 1.54) is 38.5 Å². The monoisotopic (exact) mass is 558 g/mol. The molecule has 0 aromatic rings. The summed E-state index contributed by atoms with van der Waals surface area (Å²) in [6.07, 6.45) is 12.4. The summed E-state index contributed by atoms with van der Waals surface area (Å²) in [4.78, 5) is 26.2. The minimum absolute atomic E-state index is 0.0835. The van der Waals surface area contributed by atoms with E-state index in [4.69, 9.17) is 29.2 Å². The van der Waals surface area contributed by atoms with Crippen LogP contribution < -0.4 is 5.32 Å². The average Bonchev–Trinajstić information content (AvgIpc) is 2.88. The van der Waals surface area contributed by atoms with Gasteiger partial charge in [0.15, 0.2) is 0 Å². The third-order valence-corrected chi connectivity index (χ3v) is 5.54. The van der Waals surface area contributed by atoms with Gasteiger partial charge in [0.2, 0.25) is 5.91 Å². The predicted octanol–water partition coefficient (Wildman–Crippen LogP) is 5.50. The van der Waals surface area contributed by atoms with E-state index in [-0.39, 0.29) is 17.5 Å². The van der Waals surface area contributed by atoms with E-state index in [1.54, 1.807) is 0 Å². The molecule has 0 aliphatic carbocycles. The molecule has 0 aliphatic rings. The topological polar surface area (TPSA) is 141 Å². The number of nitrogens with one attached hydrogen (secondary N) is 1. The Hall–Kier alpha value is -1.91. The van der Waals surface area contributed by atoms with E-state index in [1.807, 2.05) is 20.8 Å². The number of rotatable bonds is 28. The second-order valence-corrected chi connectivity index (χ2v) is 10.4. The van der Waals surface area contributed by atoms with Gasteiger partial charge < -0.3 is 29.0 Å². The summed E-state index contributed by atoms with van der Waals surface area (Å²) in [5, 5.41) is 6.26. The van der Waals surface area contributed by atoms with Crippen LogP contribution in [0.5, 0.6) is 0 Å². The molecule has 0 saturated heterocycles. The van der Waals surface area contributed by atoms with Gasteiger partial charge in [-0.15, -0.1) is 0 Å². The number of amides is 1. The van der Waals surface area contributed by atoms with Crippen molar-refractivity contribution in [2.24, 2.45) is 5.11 Å². The first-order chi connectivity index (χ1) is 18.8. The number of nitrogens with zero attached hydrogens (tertiary/aromatic N) is 3. The van der Waals surface area contributed by atoms with E-state index >= 15 is 0 Å². The predicted molar refractivity (Wildman–Crippen MR) is 152 cm³/mol. The molecule has 0 aromatic carbocycles. The molecule has 0 aromatic heterocycles. The number of carbonyl (C=O) groups excluding carboxylic acids is 2. The summed E-state index contributed by atoms with van der Waals surface area (Å²) in [5.74, 6) is -0.00891. The molecule has 0 spiro atoms. The Morgan fingerprint density at radius 3 is 1.59 bits per heavy atom. The third kappa shape index (κ3) is 32.2. The van der Waals surface area contributed by atoms with Crippen LogP contribution in [0.15, 0.2) is 5.11 Å². The number of carbonyl (C=O) groups is 2. The van der Waals surface area contributed by atoms with Gasteiger partial charge in [-0.05, 0) is 39.1 Å². The van der Waals surface area contributed by atoms with Crippen LogP contribution in [-0.2, 0) is 33.3 Å². The first kappa shape index (κ1) is 37.1. The van der Waals surface area contributed by atoms with E-state index in [2.05, 4.69) is 15.3 Å². The zero-order chi connectivity index (χ0) is 28.9. The van der Waals surface area contributed by atoms with Crippen molar-refractivity contribution in [3.8, 4) is 0 Å². The first-order valence-corrected chi connectivity index (χ1v) is 14.7. The van der Waals surface area contributed by atoms with Crippen molar-refractivity contribution in [1.82, 2.24) is 5.32 Å². The maximum Gasteiger partial charge on any atom is 0.306 e. The molecule has 0 aliphatic heterocycles. The molecule has 39 heavy (non-hydrogen) atoms. The molecule has 1 N–H and O–H groups in total. The second-order valence-electron chi connectivity index (χ2n) is 10.4. The zero-order valence-corrected chi connectivity index (χ0v) is 24.8. The van der Waals surface area contributed by atoms with Crippen molar-refractivity contribution < 1.29 is 33.3 Å². The van der Waals surface area contributed by atoms with Gasteiger partial charge >= 0.3 is 5.97 Å². The lowest BCUT2D eigenvalue weighted by atomic mass is 10.0. The van der Waals surface area contributed by atoms with Gasteiger partial charge in [0.25, 0.3) is 0 Å². The summed E-state index contributed by atoms with van der Waals surface area (Å²) in [6, 6.07) is 0. The highest BCUT2D eigenvalue weighted by Crippen LogP contribution is 2.14. The Bertz CT molecular complexity index is 638. The van der Waals surface area contributed by atoms with Crippen LogP contribution in [0, 0.1) is 0 Å². The minimum Gasteiger partial charge on any atom is -0.460 e. The van der Waals surface area contributed by atoms with Crippen molar-refractivity contribution in [3.05, 3.63) is 10.4 Å². The van der Waals surface area contributed by atoms with Gasteiger partial charge in [-0.2, -0.15) is 0 Å². The molecule has 0 atom stereocenters. The van der Waals surface area contributed by atoms with Gasteiger partial charge in [0.05, 0.1) is 52.9 Å². The summed E-state index contributed by atoms with van der Waals surface area (Å²) < 4.78 is 26.8. The van der Waals surface area contributed by atoms with Crippen LogP contribution in [0.2, 0.25) is 0 Å². The Morgan fingerprint density at radius 2 is 1.10 bits per heavy atom. The first-order valence-electron chi connectivity index (χ1n) is 14.7. The maximum absolute atomic E-state index is 11.9. The fourth-order valence-electron chi connectivity index (χ4n) is 3.62. The number of azide groups is 1. The highest BCUT2D eigenvalue weighted by atomic mass is 16.6. The molecule has 11 heteroatoms. The Kier molecular flexibility index (Phi) is 26.3. The second kappa shape index (κ2) is 27.6. The Labute approximate surface area is 235 Å². The van der Waals surface area contributed by atoms with Crippen LogP contribution in [0.3, 0.4) is 0 Å². The lowest BCUT2D eigenvalue weighted by molar-refractivity contribution is -0.154. The van der Waals surface area contributed by atoms with Gasteiger partial charge in [-0.1, -0.05) is 56.5 Å². The SMILES string of the molecule is CC(C)(C)OC(=O)CCCCCCCCCCCCC(=O)NCCOCCOCCOCCOCCN=[N+]=[N-]. The van der Waals surface area contributed by atoms with Gasteiger partial charge in [-0.25, -0.2) is 0 Å². The molecule has 1 amide bonds. The molecule has 0 radical (unpaired) electrons. The number of hydrogen-bond acceptors (Lipinski definition) is 8. The standard InChI is InChI=1S/C28H54N4O7/c1-28(2,3)39-27(34)15-13-11-9-7-5-4-6-8-10-12-14-26(33)30-16-18-35-20-22-37-24-25-38-23-21-36-19-17-31-32-29/h4-25H2,1-3H3,(H,30,33). The van der Waals surface area contributed by atoms with E-state index < -0.39 is 0 Å². The lowest BCUT2D eigenvalue weighted by Gasteiger charge is -2.19. The molecule has 228 valence electrons. The Balaban J connectivity index is 3.24. The van der Waals surface area contributed by atoms with Crippen LogP contribution in [0.4, 0.5) is 0 Å². The largest absolute Gasteiger partial charge is 0.460 e. The number of unbranched alkanes of at least 4 members (excludes halogenated alkanes) is 9. The quantitative estimate of drug-likeness (QED) is 0.0439. The average molecular weight is 559 g/mol. The fraction of sp³-hybridized carbons (Fsp3) is 0.929. The minimum atomic E-state index is -0.389. The molecule has 0 heterocycles. The molecule has 0 unspecified atom stereocenters. The van der Waals surface area contributed by atoms with Crippen LogP contribution >= 0.6 is 0 Å². The van der Waals surface area contributed by atoms with Crippen molar-refractivity contribution in [3.63, 3.8) is 0 Å². The van der Waals surface area contributed by atoms with Crippen molar-refractivity contribution in [1.29, 1.82) is 0 Å².